The third-order valence-electron chi connectivity index (χ3n) is 2.17. The molecule has 0 bridgehead atoms. The first-order chi connectivity index (χ1) is 7.93. The summed E-state index contributed by atoms with van der Waals surface area (Å²) in [5.41, 5.74) is 1.19. The van der Waals surface area contributed by atoms with Gasteiger partial charge in [0.05, 0.1) is 0 Å². The molecule has 0 saturated heterocycles. The lowest BCUT2D eigenvalue weighted by atomic mass is 10.2. The molecular formula is C16H18. The van der Waals surface area contributed by atoms with E-state index in [1.165, 1.54) is 18.4 Å². The van der Waals surface area contributed by atoms with Gasteiger partial charge in [0.25, 0.3) is 0 Å². The molecule has 0 amide bonds. The summed E-state index contributed by atoms with van der Waals surface area (Å²) in [7, 11) is 0. The van der Waals surface area contributed by atoms with E-state index in [0.29, 0.717) is 0 Å². The first-order valence-electron chi connectivity index (χ1n) is 5.81. The molecule has 1 aromatic carbocycles. The van der Waals surface area contributed by atoms with Crippen LogP contribution in [0.15, 0.2) is 48.6 Å². The van der Waals surface area contributed by atoms with Crippen LogP contribution in [0, 0.1) is 11.8 Å². The molecule has 16 heavy (non-hydrogen) atoms. The van der Waals surface area contributed by atoms with Crippen LogP contribution >= 0.6 is 0 Å². The van der Waals surface area contributed by atoms with E-state index < -0.39 is 0 Å². The molecule has 0 atom stereocenters. The molecule has 0 spiro atoms. The van der Waals surface area contributed by atoms with Crippen LogP contribution in [0.5, 0.6) is 0 Å². The highest BCUT2D eigenvalue weighted by atomic mass is 13.8. The smallest absolute Gasteiger partial charge is 0.0109 e. The first kappa shape index (κ1) is 12.3. The van der Waals surface area contributed by atoms with Crippen molar-refractivity contribution in [1.82, 2.24) is 0 Å². The van der Waals surface area contributed by atoms with Crippen LogP contribution in [0.25, 0.3) is 6.08 Å². The standard InChI is InChI=1S/C16H18/c1-2-3-4-5-6-7-8-10-13-16-14-11-9-12-15-16/h5-6,9-15H,2-4H2,1H3/b6-5-,13-10-. The van der Waals surface area contributed by atoms with Crippen molar-refractivity contribution in [2.45, 2.75) is 26.2 Å². The lowest BCUT2D eigenvalue weighted by Crippen LogP contribution is -1.67. The van der Waals surface area contributed by atoms with Crippen LogP contribution in [-0.4, -0.2) is 0 Å². The summed E-state index contributed by atoms with van der Waals surface area (Å²) in [6, 6.07) is 10.2. The van der Waals surface area contributed by atoms with Crippen LogP contribution in [0.3, 0.4) is 0 Å². The van der Waals surface area contributed by atoms with Crippen molar-refractivity contribution in [1.29, 1.82) is 0 Å². The molecule has 0 heteroatoms. The summed E-state index contributed by atoms with van der Waals surface area (Å²) in [6.45, 7) is 2.20. The van der Waals surface area contributed by atoms with Crippen LogP contribution < -0.4 is 0 Å². The van der Waals surface area contributed by atoms with Gasteiger partial charge in [0, 0.05) is 0 Å². The highest BCUT2D eigenvalue weighted by Gasteiger charge is 1.79. The number of rotatable bonds is 4. The summed E-state index contributed by atoms with van der Waals surface area (Å²) < 4.78 is 0. The van der Waals surface area contributed by atoms with Gasteiger partial charge in [0.15, 0.2) is 0 Å². The Morgan fingerprint density at radius 3 is 2.56 bits per heavy atom. The molecule has 0 heterocycles. The van der Waals surface area contributed by atoms with Crippen molar-refractivity contribution in [2.24, 2.45) is 0 Å². The molecular weight excluding hydrogens is 192 g/mol. The van der Waals surface area contributed by atoms with Crippen LogP contribution in [0.4, 0.5) is 0 Å². The number of allylic oxidation sites excluding steroid dienone is 3. The van der Waals surface area contributed by atoms with E-state index in [2.05, 4.69) is 37.0 Å². The number of benzene rings is 1. The maximum absolute atomic E-state index is 3.00. The third kappa shape index (κ3) is 5.88. The Bertz CT molecular complexity index is 385. The largest absolute Gasteiger partial charge is 0.0761 e. The third-order valence-corrected chi connectivity index (χ3v) is 2.17. The fourth-order valence-corrected chi connectivity index (χ4v) is 1.26. The summed E-state index contributed by atoms with van der Waals surface area (Å²) in [4.78, 5) is 0. The molecule has 0 N–H and O–H groups in total. The Labute approximate surface area is 98.7 Å². The number of hydrogen-bond acceptors (Lipinski definition) is 0. The van der Waals surface area contributed by atoms with E-state index in [0.717, 1.165) is 6.42 Å². The Morgan fingerprint density at radius 1 is 1.06 bits per heavy atom. The van der Waals surface area contributed by atoms with Crippen LogP contribution in [0.2, 0.25) is 0 Å². The van der Waals surface area contributed by atoms with E-state index in [4.69, 9.17) is 0 Å². The number of hydrogen-bond donors (Lipinski definition) is 0. The normalized spacial score (nSPS) is 10.6. The summed E-state index contributed by atoms with van der Waals surface area (Å²) in [6.07, 6.45) is 11.6. The van der Waals surface area contributed by atoms with Gasteiger partial charge >= 0.3 is 0 Å². The van der Waals surface area contributed by atoms with Gasteiger partial charge in [-0.05, 0) is 30.2 Å². The summed E-state index contributed by atoms with van der Waals surface area (Å²) >= 11 is 0. The second kappa shape index (κ2) is 8.56. The van der Waals surface area contributed by atoms with Gasteiger partial charge in [0.1, 0.15) is 0 Å². The molecule has 0 aromatic heterocycles. The maximum Gasteiger partial charge on any atom is -0.0109 e. The van der Waals surface area contributed by atoms with E-state index >= 15 is 0 Å². The maximum atomic E-state index is 3.00. The van der Waals surface area contributed by atoms with E-state index in [9.17, 15) is 0 Å². The van der Waals surface area contributed by atoms with Crippen LogP contribution in [-0.2, 0) is 0 Å². The van der Waals surface area contributed by atoms with Gasteiger partial charge in [-0.25, -0.2) is 0 Å². The monoisotopic (exact) mass is 210 g/mol. The Balaban J connectivity index is 2.32. The van der Waals surface area contributed by atoms with Gasteiger partial charge in [-0.15, -0.1) is 0 Å². The van der Waals surface area contributed by atoms with Crippen molar-refractivity contribution < 1.29 is 0 Å². The molecule has 82 valence electrons. The van der Waals surface area contributed by atoms with Crippen molar-refractivity contribution >= 4 is 6.08 Å². The molecule has 0 aliphatic rings. The fraction of sp³-hybridized carbons (Fsp3) is 0.250. The quantitative estimate of drug-likeness (QED) is 0.509. The average Bonchev–Trinajstić information content (AvgIpc) is 2.34. The Hall–Kier alpha value is -1.74. The van der Waals surface area contributed by atoms with Crippen LogP contribution in [0.1, 0.15) is 31.7 Å². The molecule has 0 radical (unpaired) electrons. The minimum absolute atomic E-state index is 1.13. The predicted molar refractivity (Wildman–Crippen MR) is 71.9 cm³/mol. The van der Waals surface area contributed by atoms with E-state index in [1.807, 2.05) is 36.4 Å². The van der Waals surface area contributed by atoms with Crippen molar-refractivity contribution in [3.05, 3.63) is 54.1 Å². The predicted octanol–water partition coefficient (Wildman–Crippen LogP) is 4.45. The summed E-state index contributed by atoms with van der Waals surface area (Å²) in [5.74, 6) is 5.99. The average molecular weight is 210 g/mol. The highest BCUT2D eigenvalue weighted by Crippen LogP contribution is 1.99. The zero-order valence-electron chi connectivity index (χ0n) is 9.82. The first-order valence-corrected chi connectivity index (χ1v) is 5.81. The molecule has 0 unspecified atom stereocenters. The highest BCUT2D eigenvalue weighted by molar-refractivity contribution is 5.52. The summed E-state index contributed by atoms with van der Waals surface area (Å²) in [5, 5.41) is 0. The lowest BCUT2D eigenvalue weighted by Gasteiger charge is -1.87. The van der Waals surface area contributed by atoms with Gasteiger partial charge in [0.2, 0.25) is 0 Å². The second-order valence-corrected chi connectivity index (χ2v) is 3.58. The van der Waals surface area contributed by atoms with Gasteiger partial charge in [-0.2, -0.15) is 0 Å². The molecule has 0 fully saturated rings. The minimum atomic E-state index is 1.13. The number of unbranched alkanes of at least 4 members (excludes halogenated alkanes) is 2. The van der Waals surface area contributed by atoms with Gasteiger partial charge < -0.3 is 0 Å². The van der Waals surface area contributed by atoms with Crippen molar-refractivity contribution in [2.75, 3.05) is 0 Å². The zero-order valence-corrected chi connectivity index (χ0v) is 9.82. The van der Waals surface area contributed by atoms with Crippen molar-refractivity contribution in [3.63, 3.8) is 0 Å². The fourth-order valence-electron chi connectivity index (χ4n) is 1.26. The SMILES string of the molecule is CCCC/C=C\C#C/C=C\c1ccccc1. The second-order valence-electron chi connectivity index (χ2n) is 3.58. The van der Waals surface area contributed by atoms with Gasteiger partial charge in [-0.3, -0.25) is 0 Å². The Morgan fingerprint density at radius 2 is 1.81 bits per heavy atom. The lowest BCUT2D eigenvalue weighted by molar-refractivity contribution is 0.815. The van der Waals surface area contributed by atoms with E-state index in [1.54, 1.807) is 0 Å². The molecule has 1 aromatic rings. The minimum Gasteiger partial charge on any atom is -0.0761 e. The van der Waals surface area contributed by atoms with Gasteiger partial charge in [-0.1, -0.05) is 68.0 Å². The molecule has 0 nitrogen and oxygen atoms in total. The zero-order chi connectivity index (χ0) is 11.5. The molecule has 1 rings (SSSR count). The molecule has 0 aliphatic carbocycles. The topological polar surface area (TPSA) is 0 Å². The van der Waals surface area contributed by atoms with Crippen molar-refractivity contribution in [3.8, 4) is 11.8 Å². The Kier molecular flexibility index (Phi) is 6.60. The molecule has 0 saturated carbocycles. The molecule has 0 aliphatic heterocycles. The van der Waals surface area contributed by atoms with E-state index in [-0.39, 0.29) is 0 Å².